The Kier molecular flexibility index (Phi) is 10.1. The van der Waals surface area contributed by atoms with Gasteiger partial charge < -0.3 is 0 Å². The van der Waals surface area contributed by atoms with Gasteiger partial charge in [-0.3, -0.25) is 0 Å². The Balaban J connectivity index is 3.59. The molecular formula is C10H18O4SSn. The second-order valence-electron chi connectivity index (χ2n) is 3.15. The first-order chi connectivity index (χ1) is 7.60. The van der Waals surface area contributed by atoms with Crippen molar-refractivity contribution in [3.63, 3.8) is 0 Å². The summed E-state index contributed by atoms with van der Waals surface area (Å²) in [4.78, 5) is 22.1. The molecule has 4 nitrogen and oxygen atoms in total. The predicted octanol–water partition coefficient (Wildman–Crippen LogP) is 2.08. The van der Waals surface area contributed by atoms with Gasteiger partial charge >= 0.3 is 107 Å². The van der Waals surface area contributed by atoms with Crippen LogP contribution in [0.4, 0.5) is 0 Å². The van der Waals surface area contributed by atoms with E-state index < -0.39 is 17.8 Å². The Labute approximate surface area is 107 Å². The van der Waals surface area contributed by atoms with E-state index in [1.165, 1.54) is 0 Å². The molecule has 0 N–H and O–H groups in total. The van der Waals surface area contributed by atoms with E-state index in [2.05, 4.69) is 0 Å². The van der Waals surface area contributed by atoms with E-state index in [4.69, 9.17) is 18.8 Å². The summed E-state index contributed by atoms with van der Waals surface area (Å²) in [7, 11) is 5.32. The summed E-state index contributed by atoms with van der Waals surface area (Å²) in [6.07, 6.45) is 0.823. The molecule has 0 radical (unpaired) electrons. The van der Waals surface area contributed by atoms with Gasteiger partial charge in [-0.25, -0.2) is 0 Å². The van der Waals surface area contributed by atoms with E-state index in [1.54, 1.807) is 13.8 Å². The zero-order valence-corrected chi connectivity index (χ0v) is 13.5. The van der Waals surface area contributed by atoms with Crippen molar-refractivity contribution in [1.82, 2.24) is 0 Å². The molecule has 0 unspecified atom stereocenters. The third-order valence-electron chi connectivity index (χ3n) is 1.83. The second-order valence-corrected chi connectivity index (χ2v) is 13.0. The van der Waals surface area contributed by atoms with Gasteiger partial charge in [0.1, 0.15) is 0 Å². The molecule has 0 rings (SSSR count). The van der Waals surface area contributed by atoms with Gasteiger partial charge in [-0.1, -0.05) is 0 Å². The molecule has 0 aliphatic carbocycles. The zero-order chi connectivity index (χ0) is 12.4. The first-order valence-corrected chi connectivity index (χ1v) is 13.4. The van der Waals surface area contributed by atoms with Gasteiger partial charge in [0, 0.05) is 0 Å². The maximum absolute atomic E-state index is 11.1. The normalized spacial score (nSPS) is 9.62. The topological polar surface area (TPSA) is 52.6 Å². The van der Waals surface area contributed by atoms with E-state index >= 15 is 0 Å². The molecule has 0 atom stereocenters. The SMILES string of the molecule is CCOC(=O)C[CH2][Sn](=[S])[CH2]CC(=O)OCC. The third-order valence-corrected chi connectivity index (χ3v) is 9.18. The van der Waals surface area contributed by atoms with E-state index in [9.17, 15) is 9.59 Å². The first kappa shape index (κ1) is 16.0. The Bertz CT molecular complexity index is 231. The summed E-state index contributed by atoms with van der Waals surface area (Å²) in [5.74, 6) is -0.358. The van der Waals surface area contributed by atoms with Crippen molar-refractivity contribution < 1.29 is 19.1 Å². The van der Waals surface area contributed by atoms with Crippen LogP contribution < -0.4 is 0 Å². The van der Waals surface area contributed by atoms with Crippen LogP contribution >= 0.6 is 9.29 Å². The van der Waals surface area contributed by atoms with Gasteiger partial charge in [0.2, 0.25) is 0 Å². The van der Waals surface area contributed by atoms with E-state index in [-0.39, 0.29) is 11.9 Å². The quantitative estimate of drug-likeness (QED) is 0.494. The van der Waals surface area contributed by atoms with Gasteiger partial charge in [-0.05, 0) is 0 Å². The Morgan fingerprint density at radius 1 is 1.00 bits per heavy atom. The second kappa shape index (κ2) is 10.1. The molecule has 0 saturated carbocycles. The van der Waals surface area contributed by atoms with Crippen LogP contribution in [0.15, 0.2) is 0 Å². The van der Waals surface area contributed by atoms with Crippen molar-refractivity contribution in [1.29, 1.82) is 0 Å². The van der Waals surface area contributed by atoms with Gasteiger partial charge in [0.25, 0.3) is 0 Å². The predicted molar refractivity (Wildman–Crippen MR) is 65.5 cm³/mol. The summed E-state index contributed by atoms with van der Waals surface area (Å²) < 4.78 is 11.2. The van der Waals surface area contributed by atoms with Gasteiger partial charge in [-0.15, -0.1) is 0 Å². The number of esters is 2. The number of hydrogen-bond acceptors (Lipinski definition) is 5. The van der Waals surface area contributed by atoms with Crippen LogP contribution in [0.2, 0.25) is 8.87 Å². The molecule has 6 heteroatoms. The minimum absolute atomic E-state index is 0.179. The summed E-state index contributed by atoms with van der Waals surface area (Å²) in [5, 5.41) is 0. The minimum atomic E-state index is -1.93. The van der Waals surface area contributed by atoms with Crippen LogP contribution in [0.5, 0.6) is 0 Å². The third kappa shape index (κ3) is 9.20. The molecule has 0 aliphatic heterocycles. The number of hydrogen-bond donors (Lipinski definition) is 0. The zero-order valence-electron chi connectivity index (χ0n) is 9.78. The van der Waals surface area contributed by atoms with Crippen LogP contribution in [0.25, 0.3) is 0 Å². The van der Waals surface area contributed by atoms with Crippen LogP contribution in [0.3, 0.4) is 0 Å². The van der Waals surface area contributed by atoms with E-state index in [1.807, 2.05) is 0 Å². The van der Waals surface area contributed by atoms with Gasteiger partial charge in [0.05, 0.1) is 0 Å². The molecule has 0 aromatic heterocycles. The van der Waals surface area contributed by atoms with Crippen molar-refractivity contribution in [2.45, 2.75) is 35.6 Å². The van der Waals surface area contributed by atoms with Crippen molar-refractivity contribution in [2.75, 3.05) is 13.2 Å². The molecule has 0 heterocycles. The molecule has 0 amide bonds. The van der Waals surface area contributed by atoms with Crippen LogP contribution in [-0.4, -0.2) is 43.0 Å². The molecule has 0 aromatic rings. The van der Waals surface area contributed by atoms with E-state index in [0.29, 0.717) is 26.1 Å². The summed E-state index contributed by atoms with van der Waals surface area (Å²) in [6.45, 7) is 4.40. The standard InChI is InChI=1S/2C5H9O2.S.Sn/c2*1-3-5(6)7-4-2;;/h2*1,3-4H2,2H3;;. The molecule has 92 valence electrons. The Hall–Kier alpha value is -0.0413. The summed E-state index contributed by atoms with van der Waals surface area (Å²) in [6, 6.07) is 0. The van der Waals surface area contributed by atoms with Crippen molar-refractivity contribution in [3.05, 3.63) is 0 Å². The summed E-state index contributed by atoms with van der Waals surface area (Å²) in [5.41, 5.74) is 0. The monoisotopic (exact) mass is 354 g/mol. The number of ether oxygens (including phenoxy) is 2. The van der Waals surface area contributed by atoms with Gasteiger partial charge in [0.15, 0.2) is 0 Å². The molecule has 0 aliphatic rings. The molecule has 16 heavy (non-hydrogen) atoms. The molecule has 0 fully saturated rings. The number of carbonyl (C=O) groups is 2. The van der Waals surface area contributed by atoms with Crippen LogP contribution in [0.1, 0.15) is 26.7 Å². The molecular weight excluding hydrogens is 335 g/mol. The molecule has 0 spiro atoms. The first-order valence-electron chi connectivity index (χ1n) is 5.43. The number of rotatable bonds is 8. The van der Waals surface area contributed by atoms with Gasteiger partial charge in [-0.2, -0.15) is 0 Å². The Morgan fingerprint density at radius 3 is 1.69 bits per heavy atom. The molecule has 0 aromatic carbocycles. The Morgan fingerprint density at radius 2 is 1.38 bits per heavy atom. The van der Waals surface area contributed by atoms with Crippen LogP contribution in [0, 0.1) is 0 Å². The molecule has 0 saturated heterocycles. The van der Waals surface area contributed by atoms with Crippen molar-refractivity contribution in [3.8, 4) is 0 Å². The molecule has 0 bridgehead atoms. The average molecular weight is 353 g/mol. The number of carbonyl (C=O) groups excluding carboxylic acids is 2. The van der Waals surface area contributed by atoms with E-state index in [0.717, 1.165) is 8.87 Å². The fourth-order valence-corrected chi connectivity index (χ4v) is 5.91. The average Bonchev–Trinajstić information content (AvgIpc) is 2.24. The fraction of sp³-hybridized carbons (Fsp3) is 0.800. The maximum atomic E-state index is 11.1. The fourth-order valence-electron chi connectivity index (χ4n) is 1.07. The van der Waals surface area contributed by atoms with Crippen LogP contribution in [-0.2, 0) is 19.1 Å². The summed E-state index contributed by atoms with van der Waals surface area (Å²) >= 11 is -1.93. The van der Waals surface area contributed by atoms with Crippen molar-refractivity contribution in [2.24, 2.45) is 0 Å². The van der Waals surface area contributed by atoms with Crippen molar-refractivity contribution >= 4 is 39.0 Å².